The molecule has 0 N–H and O–H groups in total. The van der Waals surface area contributed by atoms with Crippen LogP contribution < -0.4 is 4.74 Å². The molecule has 8 heteroatoms. The Balaban J connectivity index is 1.82. The molecule has 0 aliphatic heterocycles. The first-order chi connectivity index (χ1) is 12.0. The predicted molar refractivity (Wildman–Crippen MR) is 95.9 cm³/mol. The SMILES string of the molecule is COc1ccc(Cl)cc1CN(C)Cn1ncc2ccc([N+](=O)[O-])cc21. The predicted octanol–water partition coefficient (Wildman–Crippen LogP) is 3.70. The topological polar surface area (TPSA) is 73.4 Å². The smallest absolute Gasteiger partial charge is 0.271 e. The van der Waals surface area contributed by atoms with Crippen molar-refractivity contribution in [3.63, 3.8) is 0 Å². The molecule has 0 saturated heterocycles. The molecular formula is C17H17ClN4O3. The standard InChI is InChI=1S/C17H17ClN4O3/c1-20(10-13-7-14(18)4-6-17(13)25-2)11-21-16-8-15(22(23)24)5-3-12(16)9-19-21/h3-9H,10-11H2,1-2H3. The molecule has 2 aromatic carbocycles. The molecule has 3 aromatic rings. The van der Waals surface area contributed by atoms with Crippen molar-refractivity contribution in [1.82, 2.24) is 14.7 Å². The molecule has 25 heavy (non-hydrogen) atoms. The molecule has 0 unspecified atom stereocenters. The molecule has 1 aromatic heterocycles. The molecule has 7 nitrogen and oxygen atoms in total. The number of nitro benzene ring substituents is 1. The van der Waals surface area contributed by atoms with E-state index in [4.69, 9.17) is 16.3 Å². The van der Waals surface area contributed by atoms with Gasteiger partial charge in [0.05, 0.1) is 30.4 Å². The molecule has 0 aliphatic rings. The van der Waals surface area contributed by atoms with Crippen LogP contribution in [0.3, 0.4) is 0 Å². The highest BCUT2D eigenvalue weighted by atomic mass is 35.5. The molecule has 0 amide bonds. The van der Waals surface area contributed by atoms with Crippen LogP contribution in [0.25, 0.3) is 10.9 Å². The van der Waals surface area contributed by atoms with Crippen LogP contribution in [0.2, 0.25) is 5.02 Å². The number of halogens is 1. The Kier molecular flexibility index (Phi) is 4.87. The first-order valence-electron chi connectivity index (χ1n) is 7.59. The van der Waals surface area contributed by atoms with Gasteiger partial charge in [0.1, 0.15) is 5.75 Å². The summed E-state index contributed by atoms with van der Waals surface area (Å²) in [4.78, 5) is 12.6. The molecule has 0 radical (unpaired) electrons. The highest BCUT2D eigenvalue weighted by Gasteiger charge is 2.13. The molecule has 0 aliphatic carbocycles. The van der Waals surface area contributed by atoms with Crippen molar-refractivity contribution in [2.45, 2.75) is 13.2 Å². The zero-order valence-electron chi connectivity index (χ0n) is 13.8. The summed E-state index contributed by atoms with van der Waals surface area (Å²) in [6.07, 6.45) is 1.70. The summed E-state index contributed by atoms with van der Waals surface area (Å²) in [5, 5.41) is 16.8. The van der Waals surface area contributed by atoms with E-state index >= 15 is 0 Å². The number of methoxy groups -OCH3 is 1. The van der Waals surface area contributed by atoms with Gasteiger partial charge in [-0.3, -0.25) is 19.7 Å². The Morgan fingerprint density at radius 2 is 2.12 bits per heavy atom. The molecule has 3 rings (SSSR count). The van der Waals surface area contributed by atoms with Crippen molar-refractivity contribution < 1.29 is 9.66 Å². The zero-order valence-corrected chi connectivity index (χ0v) is 14.6. The normalized spacial score (nSPS) is 11.2. The molecule has 0 atom stereocenters. The number of hydrogen-bond acceptors (Lipinski definition) is 5. The fourth-order valence-corrected chi connectivity index (χ4v) is 2.92. The summed E-state index contributed by atoms with van der Waals surface area (Å²) in [5.74, 6) is 0.761. The fraction of sp³-hybridized carbons (Fsp3) is 0.235. The largest absolute Gasteiger partial charge is 0.496 e. The number of hydrogen-bond donors (Lipinski definition) is 0. The Labute approximate surface area is 149 Å². The second kappa shape index (κ2) is 7.08. The highest BCUT2D eigenvalue weighted by Crippen LogP contribution is 2.25. The average molecular weight is 361 g/mol. The second-order valence-electron chi connectivity index (χ2n) is 5.76. The lowest BCUT2D eigenvalue weighted by atomic mass is 10.2. The molecule has 0 bridgehead atoms. The van der Waals surface area contributed by atoms with E-state index in [1.54, 1.807) is 30.1 Å². The number of non-ortho nitro benzene ring substituents is 1. The van der Waals surface area contributed by atoms with Crippen molar-refractivity contribution in [2.75, 3.05) is 14.2 Å². The van der Waals surface area contributed by atoms with E-state index in [1.165, 1.54) is 12.1 Å². The molecule has 0 saturated carbocycles. The van der Waals surface area contributed by atoms with Gasteiger partial charge in [0.15, 0.2) is 0 Å². The summed E-state index contributed by atoms with van der Waals surface area (Å²) in [5.41, 5.74) is 1.73. The van der Waals surface area contributed by atoms with Crippen molar-refractivity contribution in [3.05, 3.63) is 63.3 Å². The summed E-state index contributed by atoms with van der Waals surface area (Å²) < 4.78 is 7.10. The van der Waals surface area contributed by atoms with E-state index in [2.05, 4.69) is 5.10 Å². The van der Waals surface area contributed by atoms with Crippen LogP contribution in [0.15, 0.2) is 42.6 Å². The molecule has 0 spiro atoms. The van der Waals surface area contributed by atoms with E-state index in [0.29, 0.717) is 18.2 Å². The number of aromatic nitrogens is 2. The van der Waals surface area contributed by atoms with E-state index in [-0.39, 0.29) is 5.69 Å². The van der Waals surface area contributed by atoms with Crippen LogP contribution in [0.5, 0.6) is 5.75 Å². The summed E-state index contributed by atoms with van der Waals surface area (Å²) in [6, 6.07) is 10.2. The lowest BCUT2D eigenvalue weighted by Gasteiger charge is -2.19. The molecular weight excluding hydrogens is 344 g/mol. The summed E-state index contributed by atoms with van der Waals surface area (Å²) in [7, 11) is 3.55. The zero-order chi connectivity index (χ0) is 18.0. The van der Waals surface area contributed by atoms with Gasteiger partial charge in [-0.2, -0.15) is 5.10 Å². The Morgan fingerprint density at radius 1 is 1.32 bits per heavy atom. The van der Waals surface area contributed by atoms with Gasteiger partial charge in [0.2, 0.25) is 0 Å². The van der Waals surface area contributed by atoms with Gasteiger partial charge < -0.3 is 4.74 Å². The van der Waals surface area contributed by atoms with E-state index in [9.17, 15) is 10.1 Å². The first-order valence-corrected chi connectivity index (χ1v) is 7.96. The Hall–Kier alpha value is -2.64. The number of nitrogens with zero attached hydrogens (tertiary/aromatic N) is 4. The average Bonchev–Trinajstić information content (AvgIpc) is 2.97. The number of ether oxygens (including phenoxy) is 1. The van der Waals surface area contributed by atoms with Crippen LogP contribution in [-0.4, -0.2) is 33.8 Å². The minimum Gasteiger partial charge on any atom is -0.496 e. The lowest BCUT2D eigenvalue weighted by Crippen LogP contribution is -2.22. The van der Waals surface area contributed by atoms with Crippen LogP contribution in [0.1, 0.15) is 5.56 Å². The number of benzene rings is 2. The maximum atomic E-state index is 11.0. The van der Waals surface area contributed by atoms with Gasteiger partial charge in [-0.25, -0.2) is 0 Å². The summed E-state index contributed by atoms with van der Waals surface area (Å²) >= 11 is 6.07. The van der Waals surface area contributed by atoms with Crippen molar-refractivity contribution in [2.24, 2.45) is 0 Å². The van der Waals surface area contributed by atoms with E-state index < -0.39 is 4.92 Å². The Morgan fingerprint density at radius 3 is 2.84 bits per heavy atom. The van der Waals surface area contributed by atoms with Crippen LogP contribution in [-0.2, 0) is 13.2 Å². The molecule has 0 fully saturated rings. The van der Waals surface area contributed by atoms with Crippen molar-refractivity contribution in [1.29, 1.82) is 0 Å². The quantitative estimate of drug-likeness (QED) is 0.495. The monoisotopic (exact) mass is 360 g/mol. The summed E-state index contributed by atoms with van der Waals surface area (Å²) in [6.45, 7) is 1.07. The third kappa shape index (κ3) is 3.72. The van der Waals surface area contributed by atoms with E-state index in [1.807, 2.05) is 24.1 Å². The maximum Gasteiger partial charge on any atom is 0.271 e. The van der Waals surface area contributed by atoms with Gasteiger partial charge in [-0.15, -0.1) is 0 Å². The van der Waals surface area contributed by atoms with Gasteiger partial charge in [0.25, 0.3) is 5.69 Å². The van der Waals surface area contributed by atoms with Crippen molar-refractivity contribution in [3.8, 4) is 5.75 Å². The maximum absolute atomic E-state index is 11.0. The minimum absolute atomic E-state index is 0.0495. The van der Waals surface area contributed by atoms with Crippen LogP contribution in [0, 0.1) is 10.1 Å². The van der Waals surface area contributed by atoms with E-state index in [0.717, 1.165) is 22.2 Å². The van der Waals surface area contributed by atoms with Gasteiger partial charge in [-0.1, -0.05) is 11.6 Å². The third-order valence-electron chi connectivity index (χ3n) is 3.90. The van der Waals surface area contributed by atoms with Crippen LogP contribution in [0.4, 0.5) is 5.69 Å². The lowest BCUT2D eigenvalue weighted by molar-refractivity contribution is -0.384. The molecule has 130 valence electrons. The first kappa shape index (κ1) is 17.2. The van der Waals surface area contributed by atoms with Gasteiger partial charge >= 0.3 is 0 Å². The minimum atomic E-state index is -0.405. The van der Waals surface area contributed by atoms with Gasteiger partial charge in [-0.05, 0) is 31.3 Å². The number of fused-ring (bicyclic) bond motifs is 1. The van der Waals surface area contributed by atoms with Gasteiger partial charge in [0, 0.05) is 34.6 Å². The second-order valence-corrected chi connectivity index (χ2v) is 6.19. The molecule has 1 heterocycles. The number of nitro groups is 1. The third-order valence-corrected chi connectivity index (χ3v) is 4.13. The van der Waals surface area contributed by atoms with Crippen LogP contribution >= 0.6 is 11.6 Å². The number of rotatable bonds is 6. The Bertz CT molecular complexity index is 925. The van der Waals surface area contributed by atoms with Crippen molar-refractivity contribution >= 4 is 28.2 Å². The highest BCUT2D eigenvalue weighted by molar-refractivity contribution is 6.30. The fourth-order valence-electron chi connectivity index (χ4n) is 2.73.